The summed E-state index contributed by atoms with van der Waals surface area (Å²) in [5.41, 5.74) is 14.5. The van der Waals surface area contributed by atoms with E-state index in [-0.39, 0.29) is 5.54 Å². The van der Waals surface area contributed by atoms with Crippen molar-refractivity contribution in [1.29, 1.82) is 0 Å². The van der Waals surface area contributed by atoms with Gasteiger partial charge in [-0.2, -0.15) is 0 Å². The first-order valence-electron chi connectivity index (χ1n) is 5.03. The van der Waals surface area contributed by atoms with Crippen LogP contribution in [0.1, 0.15) is 17.5 Å². The van der Waals surface area contributed by atoms with Crippen LogP contribution in [0.2, 0.25) is 0 Å². The van der Waals surface area contributed by atoms with Crippen molar-refractivity contribution in [2.24, 2.45) is 11.5 Å². The summed E-state index contributed by atoms with van der Waals surface area (Å²) in [6.07, 6.45) is 3.02. The zero-order chi connectivity index (χ0) is 12.0. The van der Waals surface area contributed by atoms with Gasteiger partial charge in [0, 0.05) is 12.1 Å². The van der Waals surface area contributed by atoms with Crippen LogP contribution in [-0.4, -0.2) is 12.1 Å². The fourth-order valence-electron chi connectivity index (χ4n) is 2.00. The summed E-state index contributed by atoms with van der Waals surface area (Å²) in [5.74, 6) is 0. The third-order valence-corrected chi connectivity index (χ3v) is 2.96. The van der Waals surface area contributed by atoms with Gasteiger partial charge in [-0.1, -0.05) is 24.3 Å². The van der Waals surface area contributed by atoms with Crippen molar-refractivity contribution in [3.63, 3.8) is 0 Å². The molecule has 0 saturated carbocycles. The first kappa shape index (κ1) is 14.5. The fraction of sp³-hybridized carbons (Fsp3) is 0.455. The number of benzene rings is 1. The second kappa shape index (κ2) is 6.98. The van der Waals surface area contributed by atoms with Crippen LogP contribution in [0.25, 0.3) is 0 Å². The fourth-order valence-corrected chi connectivity index (χ4v) is 2.00. The standard InChI is InChI=1S/C11H16N2.2ClH.Pt/c12-8-11(13)6-5-9-3-1-2-4-10(9)7-11;;;/h1-4H,5-8,12-13H2;2*1H;/q;;;+2/p-2. The molecule has 0 saturated heterocycles. The summed E-state index contributed by atoms with van der Waals surface area (Å²) < 4.78 is 0. The molecule has 1 aromatic rings. The van der Waals surface area contributed by atoms with Gasteiger partial charge in [-0.05, 0) is 30.4 Å². The molecule has 1 aliphatic rings. The third-order valence-electron chi connectivity index (χ3n) is 2.96. The summed E-state index contributed by atoms with van der Waals surface area (Å²) in [7, 11) is 9.75. The quantitative estimate of drug-likeness (QED) is 0.701. The predicted octanol–water partition coefficient (Wildman–Crippen LogP) is 2.21. The van der Waals surface area contributed by atoms with Crippen LogP contribution in [-0.2, 0) is 29.3 Å². The molecule has 2 nitrogen and oxygen atoms in total. The molecule has 0 aromatic heterocycles. The Morgan fingerprint density at radius 3 is 2.38 bits per heavy atom. The summed E-state index contributed by atoms with van der Waals surface area (Å²) in [6.45, 7) is 0.585. The molecular formula is C11H16Cl2N2Pt. The number of nitrogens with two attached hydrogens (primary N) is 2. The molecule has 1 aliphatic carbocycles. The Kier molecular flexibility index (Phi) is 6.31. The third kappa shape index (κ3) is 4.01. The van der Waals surface area contributed by atoms with Gasteiger partial charge in [0.05, 0.1) is 0 Å². The number of fused-ring (bicyclic) bond motifs is 1. The number of aryl methyl sites for hydroxylation is 1. The van der Waals surface area contributed by atoms with Gasteiger partial charge in [0.25, 0.3) is 0 Å². The maximum atomic E-state index is 6.15. The number of hydrogen-bond donors (Lipinski definition) is 2. The van der Waals surface area contributed by atoms with E-state index >= 15 is 0 Å². The number of hydrogen-bond acceptors (Lipinski definition) is 2. The minimum absolute atomic E-state index is 0.158. The van der Waals surface area contributed by atoms with Crippen LogP contribution in [0.5, 0.6) is 0 Å². The second-order valence-corrected chi connectivity index (χ2v) is 7.34. The van der Waals surface area contributed by atoms with Crippen LogP contribution >= 0.6 is 18.8 Å². The molecule has 1 aromatic carbocycles. The predicted molar refractivity (Wildman–Crippen MR) is 66.1 cm³/mol. The molecular weight excluding hydrogens is 426 g/mol. The van der Waals surface area contributed by atoms with Crippen molar-refractivity contribution in [3.8, 4) is 0 Å². The second-order valence-electron chi connectivity index (χ2n) is 4.06. The maximum absolute atomic E-state index is 6.15. The Morgan fingerprint density at radius 1 is 1.25 bits per heavy atom. The first-order chi connectivity index (χ1) is 7.65. The first-order valence-corrected chi connectivity index (χ1v) is 10.7. The van der Waals surface area contributed by atoms with Crippen LogP contribution in [0, 0.1) is 0 Å². The molecule has 94 valence electrons. The molecule has 1 unspecified atom stereocenters. The average molecular weight is 442 g/mol. The molecule has 0 bridgehead atoms. The SMILES string of the molecule is NCC1(N)CCc2ccccc2C1.[Cl][Pt][Cl]. The van der Waals surface area contributed by atoms with Gasteiger partial charge in [-0.25, -0.2) is 0 Å². The van der Waals surface area contributed by atoms with Gasteiger partial charge in [0.1, 0.15) is 0 Å². The van der Waals surface area contributed by atoms with Crippen molar-refractivity contribution in [2.75, 3.05) is 6.54 Å². The van der Waals surface area contributed by atoms with E-state index in [0.717, 1.165) is 19.3 Å². The van der Waals surface area contributed by atoms with E-state index < -0.39 is 16.5 Å². The minimum atomic E-state index is -0.472. The Balaban J connectivity index is 0.000000386. The molecule has 16 heavy (non-hydrogen) atoms. The molecule has 1 atom stereocenters. The van der Waals surface area contributed by atoms with E-state index in [1.807, 2.05) is 0 Å². The van der Waals surface area contributed by atoms with Crippen LogP contribution < -0.4 is 11.5 Å². The Bertz CT molecular complexity index is 336. The van der Waals surface area contributed by atoms with Gasteiger partial charge in [-0.15, -0.1) is 0 Å². The van der Waals surface area contributed by atoms with E-state index in [4.69, 9.17) is 30.3 Å². The van der Waals surface area contributed by atoms with Gasteiger partial charge >= 0.3 is 35.3 Å². The monoisotopic (exact) mass is 441 g/mol. The molecule has 2 rings (SSSR count). The average Bonchev–Trinajstić information content (AvgIpc) is 2.30. The van der Waals surface area contributed by atoms with Crippen LogP contribution in [0.15, 0.2) is 24.3 Å². The summed E-state index contributed by atoms with van der Waals surface area (Å²) in [6, 6.07) is 8.50. The Morgan fingerprint density at radius 2 is 1.81 bits per heavy atom. The Labute approximate surface area is 113 Å². The molecule has 4 N–H and O–H groups in total. The van der Waals surface area contributed by atoms with Crippen molar-refractivity contribution in [1.82, 2.24) is 0 Å². The zero-order valence-electron chi connectivity index (χ0n) is 8.86. The summed E-state index contributed by atoms with van der Waals surface area (Å²) in [4.78, 5) is 0. The molecule has 0 fully saturated rings. The zero-order valence-corrected chi connectivity index (χ0v) is 12.6. The van der Waals surface area contributed by atoms with Crippen molar-refractivity contribution in [3.05, 3.63) is 35.4 Å². The molecule has 0 heterocycles. The van der Waals surface area contributed by atoms with E-state index in [1.165, 1.54) is 11.1 Å². The molecule has 0 amide bonds. The van der Waals surface area contributed by atoms with E-state index in [9.17, 15) is 0 Å². The molecule has 5 heteroatoms. The van der Waals surface area contributed by atoms with Gasteiger partial charge in [-0.3, -0.25) is 0 Å². The van der Waals surface area contributed by atoms with E-state index in [2.05, 4.69) is 24.3 Å². The van der Waals surface area contributed by atoms with Gasteiger partial charge in [0.2, 0.25) is 0 Å². The van der Waals surface area contributed by atoms with Crippen molar-refractivity contribution < 1.29 is 16.5 Å². The van der Waals surface area contributed by atoms with Gasteiger partial charge in [0.15, 0.2) is 0 Å². The molecule has 0 spiro atoms. The normalized spacial score (nSPS) is 23.2. The number of rotatable bonds is 1. The molecule has 0 radical (unpaired) electrons. The van der Waals surface area contributed by atoms with E-state index in [0.29, 0.717) is 6.54 Å². The van der Waals surface area contributed by atoms with Crippen LogP contribution in [0.3, 0.4) is 0 Å². The summed E-state index contributed by atoms with van der Waals surface area (Å²) in [5, 5.41) is 0. The van der Waals surface area contributed by atoms with Crippen molar-refractivity contribution >= 4 is 18.8 Å². The van der Waals surface area contributed by atoms with E-state index in [1.54, 1.807) is 0 Å². The van der Waals surface area contributed by atoms with Crippen LogP contribution in [0.4, 0.5) is 0 Å². The summed E-state index contributed by atoms with van der Waals surface area (Å²) >= 11 is -0.472. The Hall–Kier alpha value is 0.408. The van der Waals surface area contributed by atoms with Gasteiger partial charge < -0.3 is 11.5 Å². The number of halogens is 2. The topological polar surface area (TPSA) is 52.0 Å². The molecule has 0 aliphatic heterocycles. The van der Waals surface area contributed by atoms with Crippen molar-refractivity contribution in [2.45, 2.75) is 24.8 Å².